The van der Waals surface area contributed by atoms with Gasteiger partial charge in [-0.3, -0.25) is 4.79 Å². The maximum Gasteiger partial charge on any atom is 0.239 e. The Morgan fingerprint density at radius 2 is 1.88 bits per heavy atom. The van der Waals surface area contributed by atoms with Gasteiger partial charge in [0.2, 0.25) is 7.45 Å². The molecule has 0 bridgehead atoms. The minimum Gasteiger partial charge on any atom is -0.290 e. The molecule has 0 saturated carbocycles. The summed E-state index contributed by atoms with van der Waals surface area (Å²) < 4.78 is 34.5. The highest BCUT2D eigenvalue weighted by molar-refractivity contribution is 14.1. The van der Waals surface area contributed by atoms with E-state index in [0.29, 0.717) is 0 Å². The Labute approximate surface area is 121 Å². The number of sulfone groups is 1. The third-order valence-corrected chi connectivity index (χ3v) is 8.21. The van der Waals surface area contributed by atoms with Crippen molar-refractivity contribution in [3.05, 3.63) is 35.6 Å². The topological polar surface area (TPSA) is 51.2 Å². The Hall–Kier alpha value is -0.0200. The predicted molar refractivity (Wildman–Crippen MR) is 75.9 cm³/mol. The van der Waals surface area contributed by atoms with E-state index in [-0.39, 0.29) is 11.3 Å². The monoisotopic (exact) mass is 434 g/mol. The number of hydrogen-bond acceptors (Lipinski definition) is 3. The molecule has 0 heterocycles. The number of hydrogen-bond donors (Lipinski definition) is 0. The summed E-state index contributed by atoms with van der Waals surface area (Å²) in [6.07, 6.45) is 0. The van der Waals surface area contributed by atoms with E-state index in [4.69, 9.17) is 0 Å². The van der Waals surface area contributed by atoms with Crippen LogP contribution in [0.2, 0.25) is 0 Å². The molecule has 0 aliphatic carbocycles. The van der Waals surface area contributed by atoms with Crippen LogP contribution in [0.5, 0.6) is 0 Å². The summed E-state index contributed by atoms with van der Waals surface area (Å²) in [6.45, 7) is 1.46. The number of carbonyl (C=O) groups is 1. The first-order valence-corrected chi connectivity index (χ1v) is 8.15. The quantitative estimate of drug-likeness (QED) is 0.416. The van der Waals surface area contributed by atoms with Crippen molar-refractivity contribution in [3.63, 3.8) is 0 Å². The first-order valence-electron chi connectivity index (χ1n) is 4.63. The Kier molecular flexibility index (Phi) is 4.70. The van der Waals surface area contributed by atoms with Crippen molar-refractivity contribution in [2.75, 3.05) is 5.75 Å². The fourth-order valence-corrected chi connectivity index (χ4v) is 4.02. The Balaban J connectivity index is 3.18. The van der Waals surface area contributed by atoms with Gasteiger partial charge in [-0.15, -0.1) is 0 Å². The highest BCUT2D eigenvalue weighted by Gasteiger charge is 2.45. The molecule has 1 rings (SSSR count). The lowest BCUT2D eigenvalue weighted by Crippen LogP contribution is -2.35. The van der Waals surface area contributed by atoms with Gasteiger partial charge in [0, 0.05) is 5.56 Å². The third kappa shape index (κ3) is 3.05. The van der Waals surface area contributed by atoms with E-state index < -0.39 is 23.1 Å². The van der Waals surface area contributed by atoms with Crippen molar-refractivity contribution in [1.29, 1.82) is 0 Å². The van der Waals surface area contributed by atoms with Gasteiger partial charge in [0.05, 0.1) is 5.75 Å². The molecule has 1 aromatic rings. The second-order valence-corrected chi connectivity index (χ2v) is 11.2. The van der Waals surface area contributed by atoms with E-state index in [2.05, 4.69) is 15.9 Å². The van der Waals surface area contributed by atoms with Crippen LogP contribution in [0.1, 0.15) is 17.3 Å². The molecular formula is C10H9BrFIO3S. The van der Waals surface area contributed by atoms with Crippen LogP contribution in [0.4, 0.5) is 4.39 Å². The van der Waals surface area contributed by atoms with Gasteiger partial charge in [0.1, 0.15) is 5.82 Å². The van der Waals surface area contributed by atoms with Crippen molar-refractivity contribution >= 4 is 54.1 Å². The number of benzene rings is 1. The van der Waals surface area contributed by atoms with Crippen molar-refractivity contribution in [2.24, 2.45) is 0 Å². The maximum absolute atomic E-state index is 12.7. The molecule has 7 heteroatoms. The van der Waals surface area contributed by atoms with Gasteiger partial charge in [-0.1, -0.05) is 6.92 Å². The summed E-state index contributed by atoms with van der Waals surface area (Å²) in [4.78, 5) is 12.0. The minimum absolute atomic E-state index is 0.148. The molecule has 0 radical (unpaired) electrons. The van der Waals surface area contributed by atoms with E-state index >= 15 is 0 Å². The molecule has 1 atom stereocenters. The molecule has 0 aliphatic rings. The summed E-state index contributed by atoms with van der Waals surface area (Å²) >= 11 is 4.48. The molecule has 0 N–H and O–H groups in total. The Bertz CT molecular complexity index is 525. The lowest BCUT2D eigenvalue weighted by Gasteiger charge is -2.18. The molecule has 94 valence electrons. The SMILES string of the molecule is CCS(=O)(=O)[C@@](Br)(I)C(=O)c1ccc(F)cc1. The second kappa shape index (κ2) is 5.31. The van der Waals surface area contributed by atoms with Gasteiger partial charge < -0.3 is 0 Å². The summed E-state index contributed by atoms with van der Waals surface area (Å²) in [7, 11) is -3.60. The third-order valence-electron chi connectivity index (χ3n) is 2.14. The number of Topliss-reactive ketones (excluding diaryl/α,β-unsaturated/α-hetero) is 1. The van der Waals surface area contributed by atoms with Crippen molar-refractivity contribution in [2.45, 2.75) is 8.59 Å². The van der Waals surface area contributed by atoms with Crippen LogP contribution < -0.4 is 0 Å². The lowest BCUT2D eigenvalue weighted by atomic mass is 10.1. The molecule has 0 amide bonds. The smallest absolute Gasteiger partial charge is 0.239 e. The number of ketones is 1. The normalized spacial score (nSPS) is 15.3. The molecule has 0 saturated heterocycles. The first-order chi connectivity index (χ1) is 7.72. The first kappa shape index (κ1) is 15.0. The van der Waals surface area contributed by atoms with E-state index in [9.17, 15) is 17.6 Å². The van der Waals surface area contributed by atoms with E-state index in [1.54, 1.807) is 22.6 Å². The zero-order chi connectivity index (χ0) is 13.3. The largest absolute Gasteiger partial charge is 0.290 e. The summed E-state index contributed by atoms with van der Waals surface area (Å²) in [6, 6.07) is 4.76. The van der Waals surface area contributed by atoms with Crippen LogP contribution in [-0.4, -0.2) is 21.6 Å². The molecule has 0 aromatic heterocycles. The maximum atomic E-state index is 12.7. The van der Waals surface area contributed by atoms with Gasteiger partial charge in [0.25, 0.3) is 0 Å². The van der Waals surface area contributed by atoms with Crippen LogP contribution in [0.3, 0.4) is 0 Å². The Morgan fingerprint density at radius 1 is 1.41 bits per heavy atom. The molecular weight excluding hydrogens is 426 g/mol. The zero-order valence-corrected chi connectivity index (χ0v) is 13.3. The van der Waals surface area contributed by atoms with Crippen LogP contribution in [-0.2, 0) is 9.84 Å². The van der Waals surface area contributed by atoms with Gasteiger partial charge in [-0.2, -0.15) is 0 Å². The molecule has 1 aromatic carbocycles. The molecule has 17 heavy (non-hydrogen) atoms. The second-order valence-electron chi connectivity index (χ2n) is 3.26. The molecule has 0 spiro atoms. The predicted octanol–water partition coefficient (Wildman–Crippen LogP) is 2.93. The van der Waals surface area contributed by atoms with Gasteiger partial charge >= 0.3 is 0 Å². The van der Waals surface area contributed by atoms with Crippen molar-refractivity contribution in [1.82, 2.24) is 0 Å². The fourth-order valence-electron chi connectivity index (χ4n) is 1.09. The van der Waals surface area contributed by atoms with Gasteiger partial charge in [0.15, 0.2) is 9.84 Å². The van der Waals surface area contributed by atoms with Gasteiger partial charge in [-0.05, 0) is 62.8 Å². The average Bonchev–Trinajstić information content (AvgIpc) is 2.28. The lowest BCUT2D eigenvalue weighted by molar-refractivity contribution is 0.101. The number of halogens is 3. The fraction of sp³-hybridized carbons (Fsp3) is 0.300. The zero-order valence-electron chi connectivity index (χ0n) is 8.78. The number of rotatable bonds is 4. The number of alkyl halides is 2. The van der Waals surface area contributed by atoms with Crippen LogP contribution in [0, 0.1) is 5.82 Å². The van der Waals surface area contributed by atoms with Crippen LogP contribution in [0.15, 0.2) is 24.3 Å². The van der Waals surface area contributed by atoms with E-state index in [1.165, 1.54) is 19.1 Å². The molecule has 0 fully saturated rings. The summed E-state index contributed by atoms with van der Waals surface area (Å²) in [5.41, 5.74) is 0.148. The Morgan fingerprint density at radius 3 is 2.29 bits per heavy atom. The number of carbonyl (C=O) groups excluding carboxylic acids is 1. The summed E-state index contributed by atoms with van der Waals surface area (Å²) in [5, 5.41) is 0. The van der Waals surface area contributed by atoms with Crippen LogP contribution in [0.25, 0.3) is 0 Å². The van der Waals surface area contributed by atoms with E-state index in [0.717, 1.165) is 12.1 Å². The molecule has 3 nitrogen and oxygen atoms in total. The van der Waals surface area contributed by atoms with Gasteiger partial charge in [-0.25, -0.2) is 12.8 Å². The molecule has 0 aliphatic heterocycles. The average molecular weight is 435 g/mol. The minimum atomic E-state index is -3.60. The summed E-state index contributed by atoms with van der Waals surface area (Å²) in [5.74, 6) is -1.25. The van der Waals surface area contributed by atoms with Crippen LogP contribution >= 0.6 is 38.5 Å². The van der Waals surface area contributed by atoms with Crippen molar-refractivity contribution < 1.29 is 17.6 Å². The van der Waals surface area contributed by atoms with E-state index in [1.807, 2.05) is 0 Å². The standard InChI is InChI=1S/C10H9BrFIO3S/c1-2-17(15,16)10(11,13)9(14)7-3-5-8(12)6-4-7/h3-6H,2H2,1H3/t10-/m0/s1. The highest BCUT2D eigenvalue weighted by atomic mass is 127. The highest BCUT2D eigenvalue weighted by Crippen LogP contribution is 2.37. The van der Waals surface area contributed by atoms with Crippen molar-refractivity contribution in [3.8, 4) is 0 Å². The molecule has 0 unspecified atom stereocenters.